The summed E-state index contributed by atoms with van der Waals surface area (Å²) in [6.45, 7) is 2.66. The molecule has 0 atom stereocenters. The number of anilines is 2. The zero-order valence-corrected chi connectivity index (χ0v) is 15.6. The highest BCUT2D eigenvalue weighted by Crippen LogP contribution is 2.20. The van der Waals surface area contributed by atoms with Gasteiger partial charge in [0.1, 0.15) is 5.75 Å². The minimum Gasteiger partial charge on any atom is -0.494 e. The molecule has 1 aromatic heterocycles. The molecule has 2 N–H and O–H groups in total. The lowest BCUT2D eigenvalue weighted by Crippen LogP contribution is -2.18. The van der Waals surface area contributed by atoms with Crippen LogP contribution in [-0.2, 0) is 0 Å². The molecule has 27 heavy (non-hydrogen) atoms. The molecular weight excluding hydrogens is 362 g/mol. The van der Waals surface area contributed by atoms with Crippen molar-refractivity contribution in [1.82, 2.24) is 4.98 Å². The largest absolute Gasteiger partial charge is 0.494 e. The van der Waals surface area contributed by atoms with Gasteiger partial charge in [0.15, 0.2) is 5.13 Å². The normalized spacial score (nSPS) is 10.3. The molecule has 0 aliphatic heterocycles. The molecule has 0 fully saturated rings. The number of nitrogens with one attached hydrogen (secondary N) is 2. The van der Waals surface area contributed by atoms with Crippen LogP contribution in [0.5, 0.6) is 5.75 Å². The predicted molar refractivity (Wildman–Crippen MR) is 107 cm³/mol. The number of carbonyl (C=O) groups excluding carboxylic acids is 2. The molecule has 3 rings (SSSR count). The van der Waals surface area contributed by atoms with E-state index in [1.54, 1.807) is 60.1 Å². The molecule has 2 amide bonds. The van der Waals surface area contributed by atoms with Crippen molar-refractivity contribution in [3.8, 4) is 5.75 Å². The van der Waals surface area contributed by atoms with E-state index in [4.69, 9.17) is 4.74 Å². The molecule has 6 nitrogen and oxygen atoms in total. The first-order chi connectivity index (χ1) is 13.2. The van der Waals surface area contributed by atoms with Gasteiger partial charge in [0.25, 0.3) is 11.8 Å². The second-order valence-corrected chi connectivity index (χ2v) is 6.56. The number of rotatable bonds is 7. The highest BCUT2D eigenvalue weighted by atomic mass is 32.1. The number of hydrogen-bond donors (Lipinski definition) is 2. The van der Waals surface area contributed by atoms with E-state index in [9.17, 15) is 9.59 Å². The summed E-state index contributed by atoms with van der Waals surface area (Å²) in [5, 5.41) is 7.79. The lowest BCUT2D eigenvalue weighted by molar-refractivity contribution is 0.102. The first-order valence-corrected chi connectivity index (χ1v) is 9.39. The van der Waals surface area contributed by atoms with Gasteiger partial charge in [-0.2, -0.15) is 0 Å². The van der Waals surface area contributed by atoms with E-state index in [0.717, 1.165) is 12.2 Å². The van der Waals surface area contributed by atoms with Crippen molar-refractivity contribution in [2.45, 2.75) is 13.3 Å². The molecule has 0 unspecified atom stereocenters. The molecular formula is C20H19N3O3S. The van der Waals surface area contributed by atoms with Gasteiger partial charge >= 0.3 is 0 Å². The van der Waals surface area contributed by atoms with Gasteiger partial charge in [-0.1, -0.05) is 19.1 Å². The second kappa shape index (κ2) is 8.95. The summed E-state index contributed by atoms with van der Waals surface area (Å²) < 4.78 is 5.52. The third kappa shape index (κ3) is 4.92. The standard InChI is InChI=1S/C20H19N3O3S/c1-2-12-26-15-9-7-14(8-10-15)18(24)22-17-6-4-3-5-16(17)19(25)23-20-21-11-13-27-20/h3-11,13H,2,12H2,1H3,(H,22,24)(H,21,23,25). The molecule has 2 aromatic carbocycles. The molecule has 0 bridgehead atoms. The highest BCUT2D eigenvalue weighted by Gasteiger charge is 2.15. The van der Waals surface area contributed by atoms with Crippen molar-refractivity contribution < 1.29 is 14.3 Å². The Morgan fingerprint density at radius 1 is 1.04 bits per heavy atom. The number of benzene rings is 2. The number of aromatic nitrogens is 1. The van der Waals surface area contributed by atoms with Crippen LogP contribution in [0.3, 0.4) is 0 Å². The molecule has 0 saturated heterocycles. The molecule has 3 aromatic rings. The van der Waals surface area contributed by atoms with Crippen LogP contribution in [0.1, 0.15) is 34.1 Å². The summed E-state index contributed by atoms with van der Waals surface area (Å²) >= 11 is 1.33. The maximum Gasteiger partial charge on any atom is 0.259 e. The third-order valence-corrected chi connectivity index (χ3v) is 4.35. The minimum atomic E-state index is -0.329. The SMILES string of the molecule is CCCOc1ccc(C(=O)Nc2ccccc2C(=O)Nc2nccs2)cc1. The molecule has 0 radical (unpaired) electrons. The van der Waals surface area contributed by atoms with Crippen LogP contribution in [-0.4, -0.2) is 23.4 Å². The van der Waals surface area contributed by atoms with Gasteiger partial charge in [0.05, 0.1) is 17.9 Å². The third-order valence-electron chi connectivity index (χ3n) is 3.66. The highest BCUT2D eigenvalue weighted by molar-refractivity contribution is 7.13. The molecule has 0 saturated carbocycles. The van der Waals surface area contributed by atoms with Crippen LogP contribution >= 0.6 is 11.3 Å². The quantitative estimate of drug-likeness (QED) is 0.634. The van der Waals surface area contributed by atoms with Gasteiger partial charge in [-0.25, -0.2) is 4.98 Å². The van der Waals surface area contributed by atoms with E-state index in [2.05, 4.69) is 15.6 Å². The number of hydrogen-bond acceptors (Lipinski definition) is 5. The topological polar surface area (TPSA) is 80.3 Å². The van der Waals surface area contributed by atoms with Crippen LogP contribution in [0.15, 0.2) is 60.1 Å². The number of para-hydroxylation sites is 1. The van der Waals surface area contributed by atoms with Crippen LogP contribution in [0.25, 0.3) is 0 Å². The van der Waals surface area contributed by atoms with Gasteiger partial charge < -0.3 is 10.1 Å². The average molecular weight is 381 g/mol. The van der Waals surface area contributed by atoms with Crippen molar-refractivity contribution in [3.05, 3.63) is 71.2 Å². The lowest BCUT2D eigenvalue weighted by Gasteiger charge is -2.11. The summed E-state index contributed by atoms with van der Waals surface area (Å²) in [4.78, 5) is 29.1. The maximum atomic E-state index is 12.5. The smallest absolute Gasteiger partial charge is 0.259 e. The fraction of sp³-hybridized carbons (Fsp3) is 0.150. The molecule has 1 heterocycles. The van der Waals surface area contributed by atoms with E-state index in [-0.39, 0.29) is 11.8 Å². The number of thiazole rings is 1. The van der Waals surface area contributed by atoms with Gasteiger partial charge in [0, 0.05) is 17.1 Å². The second-order valence-electron chi connectivity index (χ2n) is 5.66. The number of carbonyl (C=O) groups is 2. The van der Waals surface area contributed by atoms with Crippen molar-refractivity contribution in [1.29, 1.82) is 0 Å². The summed E-state index contributed by atoms with van der Waals surface area (Å²) in [6.07, 6.45) is 2.53. The van der Waals surface area contributed by atoms with Gasteiger partial charge in [-0.05, 0) is 42.8 Å². The van der Waals surface area contributed by atoms with Crippen molar-refractivity contribution in [2.24, 2.45) is 0 Å². The monoisotopic (exact) mass is 381 g/mol. The van der Waals surface area contributed by atoms with Crippen LogP contribution in [0, 0.1) is 0 Å². The van der Waals surface area contributed by atoms with E-state index in [1.165, 1.54) is 11.3 Å². The summed E-state index contributed by atoms with van der Waals surface area (Å²) in [6, 6.07) is 13.7. The molecule has 0 aliphatic rings. The average Bonchev–Trinajstić information content (AvgIpc) is 3.20. The van der Waals surface area contributed by atoms with Gasteiger partial charge in [-0.3, -0.25) is 14.9 Å². The molecule has 7 heteroatoms. The molecule has 138 valence electrons. The van der Waals surface area contributed by atoms with E-state index < -0.39 is 0 Å². The molecule has 0 spiro atoms. The summed E-state index contributed by atoms with van der Waals surface area (Å²) in [5.41, 5.74) is 1.28. The first kappa shape index (κ1) is 18.6. The van der Waals surface area contributed by atoms with Crippen LogP contribution in [0.2, 0.25) is 0 Å². The van der Waals surface area contributed by atoms with E-state index >= 15 is 0 Å². The zero-order chi connectivity index (χ0) is 19.1. The Morgan fingerprint density at radius 3 is 2.52 bits per heavy atom. The van der Waals surface area contributed by atoms with E-state index in [0.29, 0.717) is 28.6 Å². The summed E-state index contributed by atoms with van der Waals surface area (Å²) in [5.74, 6) is 0.0901. The van der Waals surface area contributed by atoms with E-state index in [1.807, 2.05) is 6.92 Å². The van der Waals surface area contributed by atoms with Crippen molar-refractivity contribution in [2.75, 3.05) is 17.2 Å². The van der Waals surface area contributed by atoms with Crippen LogP contribution < -0.4 is 15.4 Å². The number of nitrogens with zero attached hydrogens (tertiary/aromatic N) is 1. The predicted octanol–water partition coefficient (Wildman–Crippen LogP) is 4.44. The fourth-order valence-corrected chi connectivity index (χ4v) is 2.88. The summed E-state index contributed by atoms with van der Waals surface area (Å²) in [7, 11) is 0. The van der Waals surface area contributed by atoms with Gasteiger partial charge in [-0.15, -0.1) is 11.3 Å². The molecule has 0 aliphatic carbocycles. The first-order valence-electron chi connectivity index (χ1n) is 8.51. The Morgan fingerprint density at radius 2 is 1.81 bits per heavy atom. The Kier molecular flexibility index (Phi) is 6.17. The van der Waals surface area contributed by atoms with Crippen molar-refractivity contribution >= 4 is 34.0 Å². The minimum absolute atomic E-state index is 0.299. The van der Waals surface area contributed by atoms with Gasteiger partial charge in [0.2, 0.25) is 0 Å². The Labute approximate surface area is 161 Å². The Balaban J connectivity index is 1.71. The fourth-order valence-electron chi connectivity index (χ4n) is 2.36. The lowest BCUT2D eigenvalue weighted by atomic mass is 10.1. The number of amides is 2. The number of ether oxygens (including phenoxy) is 1. The Hall–Kier alpha value is -3.19. The Bertz CT molecular complexity index is 908. The maximum absolute atomic E-state index is 12.5. The van der Waals surface area contributed by atoms with Crippen LogP contribution in [0.4, 0.5) is 10.8 Å². The zero-order valence-electron chi connectivity index (χ0n) is 14.8. The van der Waals surface area contributed by atoms with Crippen molar-refractivity contribution in [3.63, 3.8) is 0 Å².